The summed E-state index contributed by atoms with van der Waals surface area (Å²) in [6, 6.07) is 11.2. The highest BCUT2D eigenvalue weighted by Crippen LogP contribution is 2.33. The normalized spacial score (nSPS) is 10.8. The summed E-state index contributed by atoms with van der Waals surface area (Å²) in [6.45, 7) is 0. The third-order valence-electron chi connectivity index (χ3n) is 3.65. The minimum atomic E-state index is -0.344. The quantitative estimate of drug-likeness (QED) is 0.501. The molecule has 0 aliphatic carbocycles. The number of nitrogens with two attached hydrogens (primary N) is 2. The van der Waals surface area contributed by atoms with Crippen molar-refractivity contribution in [2.75, 3.05) is 16.8 Å². The molecule has 4 aromatic rings. The number of pyridine rings is 1. The predicted octanol–water partition coefficient (Wildman–Crippen LogP) is 2.61. The van der Waals surface area contributed by atoms with Gasteiger partial charge in [0.15, 0.2) is 9.96 Å². The molecule has 0 saturated heterocycles. The van der Waals surface area contributed by atoms with Crippen molar-refractivity contribution >= 4 is 65.7 Å². The number of anilines is 3. The highest BCUT2D eigenvalue weighted by atomic mass is 32.1. The molecule has 0 aliphatic heterocycles. The second-order valence-corrected chi connectivity index (χ2v) is 7.29. The Morgan fingerprint density at radius 2 is 2.08 bits per heavy atom. The first-order valence-corrected chi connectivity index (χ1v) is 8.81. The first-order valence-electron chi connectivity index (χ1n) is 7.17. The molecular weight excluding hydrogens is 356 g/mol. The summed E-state index contributed by atoms with van der Waals surface area (Å²) in [5.41, 5.74) is 13.3. The minimum absolute atomic E-state index is 0.245. The van der Waals surface area contributed by atoms with Gasteiger partial charge >= 0.3 is 0 Å². The fraction of sp³-hybridized carbons (Fsp3) is 0. The summed E-state index contributed by atoms with van der Waals surface area (Å²) >= 11 is 2.58. The number of fused-ring (bicyclic) bond motifs is 2. The SMILES string of the molecule is N#Cc1cc2c(N)c(C(=O)Nc3nc4ccccc4s3)sc2[nH+]c1N. The van der Waals surface area contributed by atoms with E-state index in [-0.39, 0.29) is 17.3 Å². The van der Waals surface area contributed by atoms with E-state index in [0.29, 0.717) is 25.9 Å². The van der Waals surface area contributed by atoms with E-state index >= 15 is 0 Å². The van der Waals surface area contributed by atoms with Crippen LogP contribution in [0.2, 0.25) is 0 Å². The highest BCUT2D eigenvalue weighted by Gasteiger charge is 2.21. The van der Waals surface area contributed by atoms with Gasteiger partial charge < -0.3 is 5.73 Å². The Balaban J connectivity index is 1.72. The molecule has 0 aliphatic rings. The topological polar surface area (TPSA) is 132 Å². The number of para-hydroxylation sites is 1. The fourth-order valence-electron chi connectivity index (χ4n) is 2.45. The van der Waals surface area contributed by atoms with Gasteiger partial charge in [0, 0.05) is 0 Å². The summed E-state index contributed by atoms with van der Waals surface area (Å²) in [4.78, 5) is 20.9. The number of carbonyl (C=O) groups is 1. The molecule has 0 spiro atoms. The third kappa shape index (κ3) is 2.53. The zero-order valence-electron chi connectivity index (χ0n) is 12.7. The van der Waals surface area contributed by atoms with Gasteiger partial charge in [0.25, 0.3) is 11.7 Å². The van der Waals surface area contributed by atoms with Gasteiger partial charge in [0.05, 0.1) is 21.3 Å². The monoisotopic (exact) mass is 367 g/mol. The number of nitrogens with one attached hydrogen (secondary N) is 2. The van der Waals surface area contributed by atoms with Crippen molar-refractivity contribution in [1.82, 2.24) is 4.98 Å². The number of carbonyl (C=O) groups excluding carboxylic acids is 1. The Kier molecular flexibility index (Phi) is 3.49. The van der Waals surface area contributed by atoms with E-state index < -0.39 is 0 Å². The van der Waals surface area contributed by atoms with Gasteiger partial charge in [-0.2, -0.15) is 5.26 Å². The van der Waals surface area contributed by atoms with Crippen LogP contribution in [-0.2, 0) is 0 Å². The van der Waals surface area contributed by atoms with Crippen molar-refractivity contribution < 1.29 is 9.78 Å². The lowest BCUT2D eigenvalue weighted by atomic mass is 10.2. The van der Waals surface area contributed by atoms with Gasteiger partial charge in [-0.15, -0.1) is 0 Å². The first kappa shape index (κ1) is 15.3. The lowest BCUT2D eigenvalue weighted by molar-refractivity contribution is -0.323. The number of H-pyrrole nitrogens is 1. The van der Waals surface area contributed by atoms with E-state index in [1.807, 2.05) is 30.3 Å². The summed E-state index contributed by atoms with van der Waals surface area (Å²) in [5, 5.41) is 13.0. The molecular formula is C16H11N6OS2+. The molecule has 1 aromatic carbocycles. The van der Waals surface area contributed by atoms with E-state index in [9.17, 15) is 4.79 Å². The number of hydrogen-bond donors (Lipinski definition) is 3. The van der Waals surface area contributed by atoms with Gasteiger partial charge in [0.2, 0.25) is 0 Å². The zero-order chi connectivity index (χ0) is 17.6. The van der Waals surface area contributed by atoms with Crippen LogP contribution in [0.15, 0.2) is 30.3 Å². The molecule has 0 unspecified atom stereocenters. The van der Waals surface area contributed by atoms with Gasteiger partial charge in [-0.25, -0.2) is 9.97 Å². The minimum Gasteiger partial charge on any atom is -0.397 e. The maximum atomic E-state index is 12.6. The number of benzene rings is 1. The standard InChI is InChI=1S/C16H10N6OS2/c17-6-7-5-8-11(18)12(25-15(8)21-13(7)19)14(23)22-16-20-9-3-1-2-4-10(9)24-16/h1-5H,18H2,(H2,19,21)(H,20,22,23)/p+1. The largest absolute Gasteiger partial charge is 0.397 e. The van der Waals surface area contributed by atoms with Gasteiger partial charge in [-0.1, -0.05) is 34.8 Å². The van der Waals surface area contributed by atoms with Crippen LogP contribution in [0.1, 0.15) is 15.2 Å². The zero-order valence-corrected chi connectivity index (χ0v) is 14.3. The Morgan fingerprint density at radius 3 is 2.84 bits per heavy atom. The summed E-state index contributed by atoms with van der Waals surface area (Å²) in [7, 11) is 0. The van der Waals surface area contributed by atoms with Crippen molar-refractivity contribution in [2.24, 2.45) is 0 Å². The molecule has 0 saturated carbocycles. The molecule has 4 rings (SSSR count). The molecule has 0 atom stereocenters. The average molecular weight is 367 g/mol. The number of thiophene rings is 1. The number of thiazole rings is 1. The predicted molar refractivity (Wildman–Crippen MR) is 99.5 cm³/mol. The average Bonchev–Trinajstić information content (AvgIpc) is 3.14. The number of nitriles is 1. The van der Waals surface area contributed by atoms with E-state index in [4.69, 9.17) is 16.7 Å². The number of hydrogen-bond acceptors (Lipinski definition) is 7. The Morgan fingerprint density at radius 1 is 1.28 bits per heavy atom. The van der Waals surface area contributed by atoms with Crippen molar-refractivity contribution in [3.63, 3.8) is 0 Å². The Bertz CT molecular complexity index is 1150. The van der Waals surface area contributed by atoms with Crippen LogP contribution in [-0.4, -0.2) is 10.9 Å². The van der Waals surface area contributed by atoms with Crippen LogP contribution in [0.5, 0.6) is 0 Å². The van der Waals surface area contributed by atoms with Crippen LogP contribution >= 0.6 is 22.7 Å². The molecule has 7 nitrogen and oxygen atoms in total. The fourth-order valence-corrected chi connectivity index (χ4v) is 4.31. The number of amides is 1. The summed E-state index contributed by atoms with van der Waals surface area (Å²) < 4.78 is 0.988. The number of nitrogen functional groups attached to an aromatic ring is 2. The van der Waals surface area contributed by atoms with E-state index in [0.717, 1.165) is 10.2 Å². The second kappa shape index (κ2) is 5.70. The summed E-state index contributed by atoms with van der Waals surface area (Å²) in [6.07, 6.45) is 0. The lowest BCUT2D eigenvalue weighted by Gasteiger charge is -1.99. The smallest absolute Gasteiger partial charge is 0.289 e. The van der Waals surface area contributed by atoms with E-state index in [2.05, 4.69) is 15.3 Å². The van der Waals surface area contributed by atoms with Crippen LogP contribution in [0.25, 0.3) is 20.4 Å². The van der Waals surface area contributed by atoms with E-state index in [1.165, 1.54) is 22.7 Å². The maximum absolute atomic E-state index is 12.6. The van der Waals surface area contributed by atoms with Crippen molar-refractivity contribution in [3.05, 3.63) is 40.8 Å². The van der Waals surface area contributed by atoms with Crippen LogP contribution in [0.4, 0.5) is 16.6 Å². The van der Waals surface area contributed by atoms with Gasteiger partial charge in [0.1, 0.15) is 16.5 Å². The molecule has 0 radical (unpaired) electrons. The van der Waals surface area contributed by atoms with Crippen molar-refractivity contribution in [3.8, 4) is 6.07 Å². The molecule has 0 bridgehead atoms. The molecule has 0 fully saturated rings. The van der Waals surface area contributed by atoms with Crippen molar-refractivity contribution in [2.45, 2.75) is 0 Å². The van der Waals surface area contributed by atoms with Gasteiger partial charge in [-0.05, 0) is 18.2 Å². The molecule has 122 valence electrons. The molecule has 25 heavy (non-hydrogen) atoms. The second-order valence-electron chi connectivity index (χ2n) is 5.24. The highest BCUT2D eigenvalue weighted by molar-refractivity contribution is 7.23. The number of nitrogens with zero attached hydrogens (tertiary/aromatic N) is 2. The maximum Gasteiger partial charge on any atom is 0.289 e. The van der Waals surface area contributed by atoms with Gasteiger partial charge in [-0.3, -0.25) is 15.8 Å². The summed E-state index contributed by atoms with van der Waals surface area (Å²) in [5.74, 6) is -0.0994. The first-order chi connectivity index (χ1) is 12.1. The molecule has 3 heterocycles. The lowest BCUT2D eigenvalue weighted by Crippen LogP contribution is -2.11. The van der Waals surface area contributed by atoms with Crippen LogP contribution in [0.3, 0.4) is 0 Å². The van der Waals surface area contributed by atoms with Crippen LogP contribution in [0, 0.1) is 11.3 Å². The Hall–Kier alpha value is -3.22. The number of aromatic nitrogens is 2. The van der Waals surface area contributed by atoms with E-state index in [1.54, 1.807) is 6.07 Å². The third-order valence-corrected chi connectivity index (χ3v) is 5.74. The number of aromatic amines is 1. The Labute approximate surface area is 149 Å². The molecule has 1 amide bonds. The molecule has 3 aromatic heterocycles. The van der Waals surface area contributed by atoms with Crippen molar-refractivity contribution in [1.29, 1.82) is 5.26 Å². The molecule has 9 heteroatoms. The molecule has 6 N–H and O–H groups in total. The number of rotatable bonds is 2. The van der Waals surface area contributed by atoms with Crippen LogP contribution < -0.4 is 21.8 Å².